The van der Waals surface area contributed by atoms with E-state index in [2.05, 4.69) is 20.9 Å². The fraction of sp³-hybridized carbons (Fsp3) is 0.250. The van der Waals surface area contributed by atoms with E-state index in [4.69, 9.17) is 5.11 Å². The molecule has 1 N–H and O–H groups in total. The highest BCUT2D eigenvalue weighted by Gasteiger charge is 2.14. The lowest BCUT2D eigenvalue weighted by Crippen LogP contribution is -2.07. The van der Waals surface area contributed by atoms with Gasteiger partial charge < -0.3 is 10.0 Å². The largest absolute Gasteiger partial charge is 0.477 e. The molecule has 0 unspecified atom stereocenters. The van der Waals surface area contributed by atoms with Gasteiger partial charge >= 0.3 is 5.97 Å². The molecule has 1 heterocycles. The predicted molar refractivity (Wildman–Crippen MR) is 60.8 cm³/mol. The number of aliphatic imine (C=N–C) groups is 1. The lowest BCUT2D eigenvalue weighted by Gasteiger charge is -2.02. The van der Waals surface area contributed by atoms with Gasteiger partial charge in [-0.25, -0.2) is 9.79 Å². The molecule has 0 aliphatic heterocycles. The fourth-order valence-corrected chi connectivity index (χ4v) is 2.20. The van der Waals surface area contributed by atoms with Crippen LogP contribution in [0.2, 0.25) is 0 Å². The average Bonchev–Trinajstić information content (AvgIpc) is 2.43. The first-order valence-electron chi connectivity index (χ1n) is 3.73. The van der Waals surface area contributed by atoms with Crippen LogP contribution in [-0.4, -0.2) is 36.4 Å². The van der Waals surface area contributed by atoms with Crippen molar-refractivity contribution in [3.8, 4) is 0 Å². The van der Waals surface area contributed by atoms with Crippen LogP contribution < -0.4 is 0 Å². The molecule has 0 saturated heterocycles. The normalized spacial score (nSPS) is 10.8. The maximum atomic E-state index is 10.8. The number of thiophene rings is 1. The monoisotopic (exact) mass is 276 g/mol. The van der Waals surface area contributed by atoms with E-state index in [1.807, 2.05) is 14.1 Å². The summed E-state index contributed by atoms with van der Waals surface area (Å²) in [5.41, 5.74) is 0.469. The van der Waals surface area contributed by atoms with E-state index in [1.165, 1.54) is 0 Å². The van der Waals surface area contributed by atoms with Gasteiger partial charge in [-0.2, -0.15) is 0 Å². The first-order chi connectivity index (χ1) is 6.52. The van der Waals surface area contributed by atoms with Gasteiger partial charge in [0.2, 0.25) is 0 Å². The van der Waals surface area contributed by atoms with Gasteiger partial charge in [-0.05, 0) is 15.9 Å². The van der Waals surface area contributed by atoms with Crippen LogP contribution in [0.3, 0.4) is 0 Å². The maximum absolute atomic E-state index is 10.8. The van der Waals surface area contributed by atoms with Gasteiger partial charge in [0, 0.05) is 19.5 Å². The molecule has 0 aliphatic carbocycles. The zero-order valence-electron chi connectivity index (χ0n) is 7.69. The van der Waals surface area contributed by atoms with Gasteiger partial charge in [-0.3, -0.25) is 0 Å². The number of carboxylic acids is 1. The molecule has 1 aromatic heterocycles. The number of carbonyl (C=O) groups is 1. The van der Waals surface area contributed by atoms with Crippen LogP contribution >= 0.6 is 27.3 Å². The lowest BCUT2D eigenvalue weighted by atomic mass is 10.4. The fourth-order valence-electron chi connectivity index (χ4n) is 0.776. The van der Waals surface area contributed by atoms with Crippen molar-refractivity contribution in [1.82, 2.24) is 4.90 Å². The Labute approximate surface area is 94.0 Å². The second-order valence-electron chi connectivity index (χ2n) is 2.77. The summed E-state index contributed by atoms with van der Waals surface area (Å²) in [6.45, 7) is 0. The molecule has 0 aromatic carbocycles. The lowest BCUT2D eigenvalue weighted by molar-refractivity contribution is 0.0703. The molecule has 14 heavy (non-hydrogen) atoms. The molecule has 0 amide bonds. The molecule has 1 aromatic rings. The van der Waals surface area contributed by atoms with Crippen molar-refractivity contribution < 1.29 is 9.90 Å². The molecule has 0 atom stereocenters. The summed E-state index contributed by atoms with van der Waals surface area (Å²) in [6.07, 6.45) is 1.57. The van der Waals surface area contributed by atoms with E-state index in [9.17, 15) is 4.79 Å². The first-order valence-corrected chi connectivity index (χ1v) is 5.40. The standard InChI is InChI=1S/C8H9BrN2O2S/c1-11(2)4-10-6-5(9)3-14-7(6)8(12)13/h3-4H,1-2H3,(H,12,13). The van der Waals surface area contributed by atoms with Crippen molar-refractivity contribution in [2.45, 2.75) is 0 Å². The smallest absolute Gasteiger partial charge is 0.348 e. The molecule has 76 valence electrons. The van der Waals surface area contributed by atoms with Crippen molar-refractivity contribution in [3.63, 3.8) is 0 Å². The summed E-state index contributed by atoms with van der Waals surface area (Å²) in [7, 11) is 3.65. The van der Waals surface area contributed by atoms with E-state index in [-0.39, 0.29) is 4.88 Å². The summed E-state index contributed by atoms with van der Waals surface area (Å²) in [4.78, 5) is 16.8. The Balaban J connectivity index is 3.05. The predicted octanol–water partition coefficient (Wildman–Crippen LogP) is 2.43. The Bertz CT molecular complexity index is 373. The zero-order valence-corrected chi connectivity index (χ0v) is 10.1. The number of hydrogen-bond acceptors (Lipinski definition) is 3. The molecule has 6 heteroatoms. The Morgan fingerprint density at radius 1 is 1.71 bits per heavy atom. The van der Waals surface area contributed by atoms with Crippen LogP contribution in [-0.2, 0) is 0 Å². The van der Waals surface area contributed by atoms with Crippen LogP contribution in [0.5, 0.6) is 0 Å². The number of halogens is 1. The summed E-state index contributed by atoms with van der Waals surface area (Å²) in [5, 5.41) is 10.6. The summed E-state index contributed by atoms with van der Waals surface area (Å²) < 4.78 is 0.706. The third kappa shape index (κ3) is 2.55. The van der Waals surface area contributed by atoms with Crippen molar-refractivity contribution >= 4 is 45.3 Å². The summed E-state index contributed by atoms with van der Waals surface area (Å²) in [6, 6.07) is 0. The van der Waals surface area contributed by atoms with Gasteiger partial charge in [-0.15, -0.1) is 11.3 Å². The van der Waals surface area contributed by atoms with Crippen molar-refractivity contribution in [2.24, 2.45) is 4.99 Å². The topological polar surface area (TPSA) is 52.9 Å². The SMILES string of the molecule is CN(C)C=Nc1c(Br)csc1C(=O)O. The van der Waals surface area contributed by atoms with E-state index < -0.39 is 5.97 Å². The minimum Gasteiger partial charge on any atom is -0.477 e. The van der Waals surface area contributed by atoms with Gasteiger partial charge in [-0.1, -0.05) is 0 Å². The van der Waals surface area contributed by atoms with Crippen molar-refractivity contribution in [1.29, 1.82) is 0 Å². The second kappa shape index (κ2) is 4.56. The Kier molecular flexibility index (Phi) is 3.65. The van der Waals surface area contributed by atoms with Crippen molar-refractivity contribution in [3.05, 3.63) is 14.7 Å². The maximum Gasteiger partial charge on any atom is 0.348 e. The van der Waals surface area contributed by atoms with Crippen LogP contribution in [0.4, 0.5) is 5.69 Å². The number of carboxylic acid groups (broad SMARTS) is 1. The Morgan fingerprint density at radius 2 is 2.36 bits per heavy atom. The van der Waals surface area contributed by atoms with E-state index in [1.54, 1.807) is 16.6 Å². The molecule has 0 spiro atoms. The molecule has 0 radical (unpaired) electrons. The highest BCUT2D eigenvalue weighted by molar-refractivity contribution is 9.10. The van der Waals surface area contributed by atoms with Crippen molar-refractivity contribution in [2.75, 3.05) is 14.1 Å². The van der Waals surface area contributed by atoms with Crippen LogP contribution in [0, 0.1) is 0 Å². The average molecular weight is 277 g/mol. The molecule has 0 fully saturated rings. The summed E-state index contributed by atoms with van der Waals surface area (Å²) >= 11 is 4.41. The van der Waals surface area contributed by atoms with Gasteiger partial charge in [0.1, 0.15) is 10.6 Å². The molecule has 0 saturated carbocycles. The minimum atomic E-state index is -0.952. The third-order valence-electron chi connectivity index (χ3n) is 1.33. The van der Waals surface area contributed by atoms with E-state index in [0.29, 0.717) is 10.2 Å². The molecule has 0 bridgehead atoms. The second-order valence-corrected chi connectivity index (χ2v) is 4.51. The number of rotatable bonds is 3. The molecule has 0 aliphatic rings. The van der Waals surface area contributed by atoms with E-state index in [0.717, 1.165) is 11.3 Å². The van der Waals surface area contributed by atoms with Crippen LogP contribution in [0.25, 0.3) is 0 Å². The number of nitrogens with zero attached hydrogens (tertiary/aromatic N) is 2. The Morgan fingerprint density at radius 3 is 2.86 bits per heavy atom. The van der Waals surface area contributed by atoms with Crippen LogP contribution in [0.15, 0.2) is 14.8 Å². The third-order valence-corrected chi connectivity index (χ3v) is 3.20. The quantitative estimate of drug-likeness (QED) is 0.682. The van der Waals surface area contributed by atoms with Crippen LogP contribution in [0.1, 0.15) is 9.67 Å². The molecular weight excluding hydrogens is 268 g/mol. The van der Waals surface area contributed by atoms with Gasteiger partial charge in [0.15, 0.2) is 0 Å². The molecule has 1 rings (SSSR count). The first kappa shape index (κ1) is 11.2. The molecular formula is C8H9BrN2O2S. The van der Waals surface area contributed by atoms with Gasteiger partial charge in [0.25, 0.3) is 0 Å². The van der Waals surface area contributed by atoms with Gasteiger partial charge in [0.05, 0.1) is 10.8 Å². The molecule has 4 nitrogen and oxygen atoms in total. The van der Waals surface area contributed by atoms with E-state index >= 15 is 0 Å². The summed E-state index contributed by atoms with van der Waals surface area (Å²) in [5.74, 6) is -0.952. The number of hydrogen-bond donors (Lipinski definition) is 1. The number of aromatic carboxylic acids is 1. The highest BCUT2D eigenvalue weighted by atomic mass is 79.9. The zero-order chi connectivity index (χ0) is 10.7. The minimum absolute atomic E-state index is 0.245. The Hall–Kier alpha value is -0.880. The highest BCUT2D eigenvalue weighted by Crippen LogP contribution is 2.34.